The molecule has 21 heavy (non-hydrogen) atoms. The molecule has 0 heterocycles. The van der Waals surface area contributed by atoms with Crippen molar-refractivity contribution < 1.29 is 14.7 Å². The molecule has 0 saturated heterocycles. The number of amides is 2. The van der Waals surface area contributed by atoms with Gasteiger partial charge in [-0.25, -0.2) is 4.79 Å². The number of carboxylic acids is 1. The standard InChI is InChI=1S/C16H30N2O3/c1-14(2,8-7-11(19)20)9-10-17-13(21)18-12-15(3,4)16(12,5)6/h12H,7-10H2,1-6H3,(H,19,20)(H2,17,18,21). The lowest BCUT2D eigenvalue weighted by atomic mass is 9.84. The maximum atomic E-state index is 11.9. The van der Waals surface area contributed by atoms with Gasteiger partial charge in [-0.3, -0.25) is 4.79 Å². The summed E-state index contributed by atoms with van der Waals surface area (Å²) in [7, 11) is 0. The zero-order valence-corrected chi connectivity index (χ0v) is 14.2. The Kier molecular flexibility index (Phi) is 4.96. The molecular weight excluding hydrogens is 268 g/mol. The van der Waals surface area contributed by atoms with E-state index in [0.717, 1.165) is 6.42 Å². The van der Waals surface area contributed by atoms with E-state index < -0.39 is 5.97 Å². The fraction of sp³-hybridized carbons (Fsp3) is 0.875. The van der Waals surface area contributed by atoms with Crippen molar-refractivity contribution in [3.8, 4) is 0 Å². The van der Waals surface area contributed by atoms with Gasteiger partial charge in [-0.1, -0.05) is 41.5 Å². The maximum Gasteiger partial charge on any atom is 0.315 e. The third kappa shape index (κ3) is 4.35. The summed E-state index contributed by atoms with van der Waals surface area (Å²) in [6.07, 6.45) is 1.56. The third-order valence-corrected chi connectivity index (χ3v) is 5.40. The highest BCUT2D eigenvalue weighted by Crippen LogP contribution is 2.62. The first-order chi connectivity index (χ1) is 9.40. The Labute approximate surface area is 127 Å². The smallest absolute Gasteiger partial charge is 0.315 e. The second kappa shape index (κ2) is 5.85. The van der Waals surface area contributed by atoms with E-state index >= 15 is 0 Å². The quantitative estimate of drug-likeness (QED) is 0.676. The predicted octanol–water partition coefficient (Wildman–Crippen LogP) is 3.00. The van der Waals surface area contributed by atoms with Crippen LogP contribution < -0.4 is 10.6 Å². The third-order valence-electron chi connectivity index (χ3n) is 5.40. The number of rotatable bonds is 7. The maximum absolute atomic E-state index is 11.9. The lowest BCUT2D eigenvalue weighted by Crippen LogP contribution is -2.40. The number of hydrogen-bond acceptors (Lipinski definition) is 2. The lowest BCUT2D eigenvalue weighted by Gasteiger charge is -2.23. The molecule has 2 amide bonds. The van der Waals surface area contributed by atoms with Crippen molar-refractivity contribution in [3.05, 3.63) is 0 Å². The van der Waals surface area contributed by atoms with Crippen LogP contribution in [-0.2, 0) is 4.79 Å². The average Bonchev–Trinajstić information content (AvgIpc) is 2.69. The van der Waals surface area contributed by atoms with Crippen molar-refractivity contribution in [2.45, 2.75) is 66.8 Å². The zero-order chi connectivity index (χ0) is 16.5. The highest BCUT2D eigenvalue weighted by Gasteiger charge is 2.65. The van der Waals surface area contributed by atoms with Gasteiger partial charge in [0.25, 0.3) is 0 Å². The van der Waals surface area contributed by atoms with Crippen LogP contribution in [-0.4, -0.2) is 29.7 Å². The van der Waals surface area contributed by atoms with Crippen molar-refractivity contribution in [2.75, 3.05) is 6.54 Å². The molecular formula is C16H30N2O3. The van der Waals surface area contributed by atoms with Crippen molar-refractivity contribution in [1.29, 1.82) is 0 Å². The van der Waals surface area contributed by atoms with Crippen molar-refractivity contribution in [1.82, 2.24) is 10.6 Å². The van der Waals surface area contributed by atoms with Gasteiger partial charge in [0, 0.05) is 19.0 Å². The minimum absolute atomic E-state index is 0.0796. The number of aliphatic carboxylic acids is 1. The SMILES string of the molecule is CC(C)(CCNC(=O)NC1C(C)(C)C1(C)C)CCC(=O)O. The number of carbonyl (C=O) groups is 2. The van der Waals surface area contributed by atoms with Gasteiger partial charge in [-0.15, -0.1) is 0 Å². The molecule has 0 aromatic rings. The number of carbonyl (C=O) groups excluding carboxylic acids is 1. The monoisotopic (exact) mass is 298 g/mol. The van der Waals surface area contributed by atoms with Crippen molar-refractivity contribution in [3.63, 3.8) is 0 Å². The van der Waals surface area contributed by atoms with Crippen LogP contribution in [0.15, 0.2) is 0 Å². The fourth-order valence-electron chi connectivity index (χ4n) is 2.82. The largest absolute Gasteiger partial charge is 0.481 e. The molecule has 0 spiro atoms. The summed E-state index contributed by atoms with van der Waals surface area (Å²) >= 11 is 0. The van der Waals surface area contributed by atoms with Gasteiger partial charge in [-0.2, -0.15) is 0 Å². The topological polar surface area (TPSA) is 78.4 Å². The summed E-state index contributed by atoms with van der Waals surface area (Å²) in [5.41, 5.74) is 0.181. The Morgan fingerprint density at radius 1 is 1.10 bits per heavy atom. The predicted molar refractivity (Wildman–Crippen MR) is 83.2 cm³/mol. The summed E-state index contributed by atoms with van der Waals surface area (Å²) < 4.78 is 0. The van der Waals surface area contributed by atoms with Crippen molar-refractivity contribution >= 4 is 12.0 Å². The molecule has 0 aromatic heterocycles. The molecule has 1 rings (SSSR count). The molecule has 0 radical (unpaired) electrons. The van der Waals surface area contributed by atoms with Crippen LogP contribution in [0, 0.1) is 16.2 Å². The molecule has 1 saturated carbocycles. The molecule has 0 aromatic carbocycles. The number of hydrogen-bond donors (Lipinski definition) is 3. The van der Waals surface area contributed by atoms with Crippen LogP contribution >= 0.6 is 0 Å². The number of urea groups is 1. The zero-order valence-electron chi connectivity index (χ0n) is 14.2. The van der Waals surface area contributed by atoms with Crippen LogP contribution in [0.4, 0.5) is 4.79 Å². The highest BCUT2D eigenvalue weighted by atomic mass is 16.4. The van der Waals surface area contributed by atoms with Gasteiger partial charge in [0.2, 0.25) is 0 Å². The van der Waals surface area contributed by atoms with Gasteiger partial charge in [-0.05, 0) is 29.1 Å². The van der Waals surface area contributed by atoms with E-state index in [1.807, 2.05) is 13.8 Å². The highest BCUT2D eigenvalue weighted by molar-refractivity contribution is 5.75. The van der Waals surface area contributed by atoms with Gasteiger partial charge in [0.15, 0.2) is 0 Å². The molecule has 1 aliphatic rings. The molecule has 5 heteroatoms. The van der Waals surface area contributed by atoms with Gasteiger partial charge < -0.3 is 15.7 Å². The van der Waals surface area contributed by atoms with E-state index in [-0.39, 0.29) is 34.7 Å². The number of carboxylic acid groups (broad SMARTS) is 1. The molecule has 122 valence electrons. The molecule has 1 fully saturated rings. The Morgan fingerprint density at radius 2 is 1.62 bits per heavy atom. The average molecular weight is 298 g/mol. The second-order valence-electron chi connectivity index (χ2n) is 8.08. The molecule has 3 N–H and O–H groups in total. The minimum Gasteiger partial charge on any atom is -0.481 e. The van der Waals surface area contributed by atoms with Crippen LogP contribution in [0.3, 0.4) is 0 Å². The summed E-state index contributed by atoms with van der Waals surface area (Å²) in [5, 5.41) is 14.6. The Hall–Kier alpha value is -1.26. The molecule has 0 aliphatic heterocycles. The van der Waals surface area contributed by atoms with Crippen LogP contribution in [0.1, 0.15) is 60.8 Å². The van der Waals surface area contributed by atoms with Gasteiger partial charge in [0.1, 0.15) is 0 Å². The fourth-order valence-corrected chi connectivity index (χ4v) is 2.82. The van der Waals surface area contributed by atoms with Gasteiger partial charge in [0.05, 0.1) is 0 Å². The molecule has 5 nitrogen and oxygen atoms in total. The summed E-state index contributed by atoms with van der Waals surface area (Å²) in [5.74, 6) is -0.771. The van der Waals surface area contributed by atoms with E-state index in [1.54, 1.807) is 0 Å². The van der Waals surface area contributed by atoms with E-state index in [1.165, 1.54) is 0 Å². The Balaban J connectivity index is 2.27. The second-order valence-corrected chi connectivity index (χ2v) is 8.08. The summed E-state index contributed by atoms with van der Waals surface area (Å²) in [6.45, 7) is 13.3. The normalized spacial score (nSPS) is 19.9. The Morgan fingerprint density at radius 3 is 2.05 bits per heavy atom. The first kappa shape index (κ1) is 17.8. The minimum atomic E-state index is -0.771. The molecule has 0 atom stereocenters. The van der Waals surface area contributed by atoms with E-state index in [2.05, 4.69) is 38.3 Å². The first-order valence-corrected chi connectivity index (χ1v) is 7.66. The van der Waals surface area contributed by atoms with E-state index in [0.29, 0.717) is 13.0 Å². The summed E-state index contributed by atoms with van der Waals surface area (Å²) in [4.78, 5) is 22.5. The van der Waals surface area contributed by atoms with Crippen molar-refractivity contribution in [2.24, 2.45) is 16.2 Å². The Bertz CT molecular complexity index is 400. The van der Waals surface area contributed by atoms with Crippen LogP contribution in [0.5, 0.6) is 0 Å². The summed E-state index contributed by atoms with van der Waals surface area (Å²) in [6, 6.07) is 0.0673. The van der Waals surface area contributed by atoms with Crippen LogP contribution in [0.25, 0.3) is 0 Å². The lowest BCUT2D eigenvalue weighted by molar-refractivity contribution is -0.137. The molecule has 1 aliphatic carbocycles. The molecule has 0 unspecified atom stereocenters. The van der Waals surface area contributed by atoms with E-state index in [4.69, 9.17) is 5.11 Å². The number of nitrogens with one attached hydrogen (secondary N) is 2. The van der Waals surface area contributed by atoms with E-state index in [9.17, 15) is 9.59 Å². The van der Waals surface area contributed by atoms with Gasteiger partial charge >= 0.3 is 12.0 Å². The molecule has 0 bridgehead atoms. The first-order valence-electron chi connectivity index (χ1n) is 7.66. The van der Waals surface area contributed by atoms with Crippen LogP contribution in [0.2, 0.25) is 0 Å².